The van der Waals surface area contributed by atoms with Gasteiger partial charge >= 0.3 is 0 Å². The maximum atomic E-state index is 11.3. The van der Waals surface area contributed by atoms with Gasteiger partial charge in [0, 0.05) is 19.1 Å². The van der Waals surface area contributed by atoms with Crippen LogP contribution in [0.15, 0.2) is 0 Å². The van der Waals surface area contributed by atoms with Crippen molar-refractivity contribution in [3.63, 3.8) is 0 Å². The van der Waals surface area contributed by atoms with Crippen LogP contribution in [0, 0.1) is 5.41 Å². The Bertz CT molecular complexity index is 319. The number of hydrogen-bond acceptors (Lipinski definition) is 4. The normalized spacial score (nSPS) is 23.5. The molecule has 0 aromatic carbocycles. The number of rotatable bonds is 4. The van der Waals surface area contributed by atoms with Crippen LogP contribution in [0.4, 0.5) is 0 Å². The van der Waals surface area contributed by atoms with Gasteiger partial charge in [0.25, 0.3) is 0 Å². The maximum absolute atomic E-state index is 11.3. The molecule has 1 saturated heterocycles. The van der Waals surface area contributed by atoms with Gasteiger partial charge in [0.1, 0.15) is 0 Å². The SMILES string of the molecule is CNC(CCN1CCS(=O)(=O)CC1)C(C)(C)C. The monoisotopic (exact) mass is 262 g/mol. The fourth-order valence-corrected chi connectivity index (χ4v) is 3.57. The lowest BCUT2D eigenvalue weighted by Crippen LogP contribution is -2.45. The third-order valence-corrected chi connectivity index (χ3v) is 5.17. The van der Waals surface area contributed by atoms with Crippen LogP contribution in [0.2, 0.25) is 0 Å². The molecular weight excluding hydrogens is 236 g/mol. The zero-order valence-electron chi connectivity index (χ0n) is 11.5. The highest BCUT2D eigenvalue weighted by molar-refractivity contribution is 7.91. The van der Waals surface area contributed by atoms with Gasteiger partial charge in [-0.05, 0) is 25.4 Å². The van der Waals surface area contributed by atoms with Crippen LogP contribution in [0.5, 0.6) is 0 Å². The first-order valence-corrected chi connectivity index (χ1v) is 8.17. The Morgan fingerprint density at radius 1 is 1.24 bits per heavy atom. The van der Waals surface area contributed by atoms with E-state index in [0.717, 1.165) is 13.0 Å². The van der Waals surface area contributed by atoms with E-state index in [1.807, 2.05) is 7.05 Å². The molecule has 1 fully saturated rings. The third-order valence-electron chi connectivity index (χ3n) is 3.56. The predicted octanol–water partition coefficient (Wildman–Crippen LogP) is 0.741. The van der Waals surface area contributed by atoms with Gasteiger partial charge in [-0.1, -0.05) is 20.8 Å². The topological polar surface area (TPSA) is 49.4 Å². The summed E-state index contributed by atoms with van der Waals surface area (Å²) >= 11 is 0. The second kappa shape index (κ2) is 5.67. The molecule has 1 atom stereocenters. The summed E-state index contributed by atoms with van der Waals surface area (Å²) in [6.07, 6.45) is 1.07. The van der Waals surface area contributed by atoms with Crippen molar-refractivity contribution in [1.82, 2.24) is 10.2 Å². The predicted molar refractivity (Wildman–Crippen MR) is 72.0 cm³/mol. The minimum Gasteiger partial charge on any atom is -0.316 e. The van der Waals surface area contributed by atoms with Gasteiger partial charge in [-0.3, -0.25) is 0 Å². The van der Waals surface area contributed by atoms with Crippen LogP contribution in [0.25, 0.3) is 0 Å². The zero-order chi connectivity index (χ0) is 13.1. The quantitative estimate of drug-likeness (QED) is 0.812. The fourth-order valence-electron chi connectivity index (χ4n) is 2.30. The molecule has 0 saturated carbocycles. The minimum atomic E-state index is -2.75. The first-order valence-electron chi connectivity index (χ1n) is 6.34. The molecule has 0 spiro atoms. The van der Waals surface area contributed by atoms with E-state index in [0.29, 0.717) is 30.6 Å². The Labute approximate surface area is 106 Å². The Hall–Kier alpha value is -0.130. The molecule has 0 aromatic rings. The van der Waals surface area contributed by atoms with Crippen LogP contribution < -0.4 is 5.32 Å². The lowest BCUT2D eigenvalue weighted by atomic mass is 9.85. The third kappa shape index (κ3) is 4.94. The number of nitrogens with one attached hydrogen (secondary N) is 1. The average Bonchev–Trinajstić information content (AvgIpc) is 2.19. The largest absolute Gasteiger partial charge is 0.316 e. The Kier molecular flexibility index (Phi) is 4.98. The number of nitrogens with zero attached hydrogens (tertiary/aromatic N) is 1. The van der Waals surface area contributed by atoms with Crippen LogP contribution in [-0.2, 0) is 9.84 Å². The van der Waals surface area contributed by atoms with Crippen molar-refractivity contribution in [2.24, 2.45) is 5.41 Å². The number of sulfone groups is 1. The van der Waals surface area contributed by atoms with Crippen LogP contribution in [0.3, 0.4) is 0 Å². The molecule has 5 heteroatoms. The number of hydrogen-bond donors (Lipinski definition) is 1. The van der Waals surface area contributed by atoms with Gasteiger partial charge in [-0.15, -0.1) is 0 Å². The smallest absolute Gasteiger partial charge is 0.152 e. The molecule has 0 aliphatic carbocycles. The van der Waals surface area contributed by atoms with Gasteiger partial charge in [0.05, 0.1) is 11.5 Å². The van der Waals surface area contributed by atoms with E-state index in [1.165, 1.54) is 0 Å². The Balaban J connectivity index is 2.37. The minimum absolute atomic E-state index is 0.247. The van der Waals surface area contributed by atoms with Crippen molar-refractivity contribution in [3.8, 4) is 0 Å². The molecule has 0 aromatic heterocycles. The molecule has 1 unspecified atom stereocenters. The molecule has 1 heterocycles. The van der Waals surface area contributed by atoms with Gasteiger partial charge in [-0.2, -0.15) is 0 Å². The second-order valence-electron chi connectivity index (χ2n) is 5.99. The highest BCUT2D eigenvalue weighted by atomic mass is 32.2. The van der Waals surface area contributed by atoms with E-state index in [9.17, 15) is 8.42 Å². The molecule has 1 aliphatic rings. The van der Waals surface area contributed by atoms with Crippen molar-refractivity contribution in [2.45, 2.75) is 33.2 Å². The first-order chi connectivity index (χ1) is 7.74. The summed E-state index contributed by atoms with van der Waals surface area (Å²) in [7, 11) is -0.749. The molecule has 1 N–H and O–H groups in total. The maximum Gasteiger partial charge on any atom is 0.152 e. The second-order valence-corrected chi connectivity index (χ2v) is 8.29. The fraction of sp³-hybridized carbons (Fsp3) is 1.00. The summed E-state index contributed by atoms with van der Waals surface area (Å²) in [5.74, 6) is 0.652. The van der Waals surface area contributed by atoms with E-state index in [4.69, 9.17) is 0 Å². The van der Waals surface area contributed by atoms with E-state index in [-0.39, 0.29) is 5.41 Å². The lowest BCUT2D eigenvalue weighted by Gasteiger charge is -2.33. The summed E-state index contributed by atoms with van der Waals surface area (Å²) in [6.45, 7) is 9.07. The summed E-state index contributed by atoms with van der Waals surface area (Å²) < 4.78 is 22.6. The lowest BCUT2D eigenvalue weighted by molar-refractivity contribution is 0.218. The van der Waals surface area contributed by atoms with Gasteiger partial charge < -0.3 is 10.2 Å². The van der Waals surface area contributed by atoms with Gasteiger partial charge in [-0.25, -0.2) is 8.42 Å². The van der Waals surface area contributed by atoms with E-state index < -0.39 is 9.84 Å². The molecule has 0 radical (unpaired) electrons. The van der Waals surface area contributed by atoms with Crippen molar-refractivity contribution in [3.05, 3.63) is 0 Å². The average molecular weight is 262 g/mol. The molecule has 1 aliphatic heterocycles. The molecule has 4 nitrogen and oxygen atoms in total. The van der Waals surface area contributed by atoms with E-state index in [1.54, 1.807) is 0 Å². The highest BCUT2D eigenvalue weighted by Gasteiger charge is 2.25. The van der Waals surface area contributed by atoms with E-state index in [2.05, 4.69) is 31.0 Å². The van der Waals surface area contributed by atoms with Crippen molar-refractivity contribution in [1.29, 1.82) is 0 Å². The van der Waals surface area contributed by atoms with Crippen LogP contribution in [0.1, 0.15) is 27.2 Å². The Morgan fingerprint density at radius 2 is 1.76 bits per heavy atom. The standard InChI is InChI=1S/C12H26N2O2S/c1-12(2,3)11(13-4)5-6-14-7-9-17(15,16)10-8-14/h11,13H,5-10H2,1-4H3. The van der Waals surface area contributed by atoms with Crippen molar-refractivity contribution >= 4 is 9.84 Å². The molecule has 0 amide bonds. The van der Waals surface area contributed by atoms with Gasteiger partial charge in [0.15, 0.2) is 9.84 Å². The first kappa shape index (κ1) is 14.9. The summed E-state index contributed by atoms with van der Waals surface area (Å²) in [5, 5.41) is 3.35. The summed E-state index contributed by atoms with van der Waals surface area (Å²) in [4.78, 5) is 2.26. The molecule has 17 heavy (non-hydrogen) atoms. The van der Waals surface area contributed by atoms with Crippen molar-refractivity contribution < 1.29 is 8.42 Å². The summed E-state index contributed by atoms with van der Waals surface area (Å²) in [6, 6.07) is 0.473. The van der Waals surface area contributed by atoms with Gasteiger partial charge in [0.2, 0.25) is 0 Å². The van der Waals surface area contributed by atoms with E-state index >= 15 is 0 Å². The molecule has 1 rings (SSSR count). The highest BCUT2D eigenvalue weighted by Crippen LogP contribution is 2.21. The molecule has 0 bridgehead atoms. The van der Waals surface area contributed by atoms with Crippen LogP contribution in [-0.4, -0.2) is 57.5 Å². The Morgan fingerprint density at radius 3 is 2.18 bits per heavy atom. The molecular formula is C12H26N2O2S. The summed E-state index contributed by atoms with van der Waals surface area (Å²) in [5.41, 5.74) is 0.247. The zero-order valence-corrected chi connectivity index (χ0v) is 12.3. The molecule has 102 valence electrons. The van der Waals surface area contributed by atoms with Crippen molar-refractivity contribution in [2.75, 3.05) is 38.2 Å². The van der Waals surface area contributed by atoms with Crippen LogP contribution >= 0.6 is 0 Å².